The average Bonchev–Trinajstić information content (AvgIpc) is 2.79. The topological polar surface area (TPSA) is 72.3 Å². The number of rotatable bonds is 6. The molecule has 0 aliphatic heterocycles. The third-order valence-electron chi connectivity index (χ3n) is 4.57. The number of carbonyl (C=O) groups is 1. The Morgan fingerprint density at radius 2 is 1.71 bits per heavy atom. The Labute approximate surface area is 188 Å². The molecule has 0 aliphatic rings. The molecule has 0 unspecified atom stereocenters. The Hall–Kier alpha value is -3.41. The third-order valence-corrected chi connectivity index (χ3v) is 5.19. The van der Waals surface area contributed by atoms with E-state index in [4.69, 9.17) is 27.9 Å². The van der Waals surface area contributed by atoms with E-state index in [2.05, 4.69) is 9.97 Å². The molecule has 154 valence electrons. The van der Waals surface area contributed by atoms with E-state index < -0.39 is 5.97 Å². The highest BCUT2D eigenvalue weighted by molar-refractivity contribution is 6.33. The van der Waals surface area contributed by atoms with Crippen molar-refractivity contribution < 1.29 is 14.6 Å². The van der Waals surface area contributed by atoms with Gasteiger partial charge in [-0.1, -0.05) is 59.6 Å². The number of aromatic nitrogens is 2. The molecular weight excluding hydrogens is 435 g/mol. The van der Waals surface area contributed by atoms with Gasteiger partial charge in [-0.15, -0.1) is 0 Å². The van der Waals surface area contributed by atoms with Crippen LogP contribution in [0.3, 0.4) is 0 Å². The number of ether oxygens (including phenoxy) is 1. The van der Waals surface area contributed by atoms with Gasteiger partial charge in [0, 0.05) is 17.3 Å². The summed E-state index contributed by atoms with van der Waals surface area (Å²) < 4.78 is 5.91. The molecule has 2 aromatic heterocycles. The summed E-state index contributed by atoms with van der Waals surface area (Å²) in [5, 5.41) is 10.3. The molecule has 1 N–H and O–H groups in total. The van der Waals surface area contributed by atoms with Crippen LogP contribution in [0.25, 0.3) is 22.5 Å². The zero-order chi connectivity index (χ0) is 21.8. The number of pyridine rings is 2. The van der Waals surface area contributed by atoms with Gasteiger partial charge >= 0.3 is 5.97 Å². The fourth-order valence-corrected chi connectivity index (χ4v) is 3.47. The molecule has 4 aromatic rings. The van der Waals surface area contributed by atoms with Gasteiger partial charge in [-0.2, -0.15) is 0 Å². The first-order valence-corrected chi connectivity index (χ1v) is 10.1. The van der Waals surface area contributed by atoms with E-state index in [1.165, 1.54) is 6.07 Å². The molecule has 0 spiro atoms. The minimum atomic E-state index is -1.13. The van der Waals surface area contributed by atoms with Crippen molar-refractivity contribution in [3.05, 3.63) is 100 Å². The molecule has 4 rings (SSSR count). The molecule has 0 saturated carbocycles. The molecular formula is C24H16Cl2N2O3. The molecule has 0 radical (unpaired) electrons. The number of carboxylic acids is 1. The van der Waals surface area contributed by atoms with E-state index in [0.29, 0.717) is 44.9 Å². The molecule has 0 fully saturated rings. The summed E-state index contributed by atoms with van der Waals surface area (Å²) in [4.78, 5) is 20.2. The lowest BCUT2D eigenvalue weighted by atomic mass is 10.0. The lowest BCUT2D eigenvalue weighted by Gasteiger charge is -2.13. The molecule has 0 aliphatic carbocycles. The Balaban J connectivity index is 1.78. The van der Waals surface area contributed by atoms with Crippen LogP contribution in [0, 0.1) is 0 Å². The minimum absolute atomic E-state index is 0.0903. The smallest absolute Gasteiger partial charge is 0.354 e. The van der Waals surface area contributed by atoms with Gasteiger partial charge in [-0.3, -0.25) is 4.98 Å². The molecule has 2 aromatic carbocycles. The van der Waals surface area contributed by atoms with Crippen molar-refractivity contribution >= 4 is 29.2 Å². The number of nitrogens with zero attached hydrogens (tertiary/aromatic N) is 2. The molecule has 5 nitrogen and oxygen atoms in total. The summed E-state index contributed by atoms with van der Waals surface area (Å²) in [6, 6.07) is 21.4. The summed E-state index contributed by atoms with van der Waals surface area (Å²) in [5.41, 5.74) is 3.06. The van der Waals surface area contributed by atoms with Gasteiger partial charge in [0.25, 0.3) is 0 Å². The first-order chi connectivity index (χ1) is 15.0. The van der Waals surface area contributed by atoms with E-state index in [1.54, 1.807) is 42.6 Å². The highest BCUT2D eigenvalue weighted by Crippen LogP contribution is 2.37. The van der Waals surface area contributed by atoms with Crippen molar-refractivity contribution in [2.75, 3.05) is 0 Å². The summed E-state index contributed by atoms with van der Waals surface area (Å²) in [7, 11) is 0. The maximum Gasteiger partial charge on any atom is 0.354 e. The van der Waals surface area contributed by atoms with E-state index >= 15 is 0 Å². The maximum atomic E-state index is 11.5. The summed E-state index contributed by atoms with van der Waals surface area (Å²) >= 11 is 12.7. The van der Waals surface area contributed by atoms with Crippen molar-refractivity contribution in [3.8, 4) is 28.3 Å². The summed E-state index contributed by atoms with van der Waals surface area (Å²) in [6.45, 7) is 0.339. The Morgan fingerprint density at radius 1 is 0.903 bits per heavy atom. The van der Waals surface area contributed by atoms with Crippen LogP contribution in [0.5, 0.6) is 5.75 Å². The highest BCUT2D eigenvalue weighted by atomic mass is 35.5. The third kappa shape index (κ3) is 4.68. The lowest BCUT2D eigenvalue weighted by Crippen LogP contribution is -2.03. The number of hydrogen-bond donors (Lipinski definition) is 1. The molecule has 0 amide bonds. The van der Waals surface area contributed by atoms with Crippen molar-refractivity contribution in [3.63, 3.8) is 0 Å². The van der Waals surface area contributed by atoms with E-state index in [-0.39, 0.29) is 5.69 Å². The molecule has 0 atom stereocenters. The predicted octanol–water partition coefficient (Wildman–Crippen LogP) is 6.39. The van der Waals surface area contributed by atoms with Gasteiger partial charge in [0.15, 0.2) is 0 Å². The van der Waals surface area contributed by atoms with E-state index in [0.717, 1.165) is 5.56 Å². The first-order valence-electron chi connectivity index (χ1n) is 9.35. The molecule has 2 heterocycles. The number of carboxylic acid groups (broad SMARTS) is 1. The van der Waals surface area contributed by atoms with Crippen molar-refractivity contribution in [1.82, 2.24) is 9.97 Å². The number of benzene rings is 2. The molecule has 0 saturated heterocycles. The van der Waals surface area contributed by atoms with Crippen LogP contribution in [-0.2, 0) is 6.61 Å². The number of aromatic carboxylic acids is 1. The van der Waals surface area contributed by atoms with Gasteiger partial charge in [-0.05, 0) is 42.0 Å². The van der Waals surface area contributed by atoms with Crippen LogP contribution in [0.15, 0.2) is 79.0 Å². The Morgan fingerprint density at radius 3 is 2.45 bits per heavy atom. The van der Waals surface area contributed by atoms with Crippen molar-refractivity contribution in [1.29, 1.82) is 0 Å². The van der Waals surface area contributed by atoms with Crippen molar-refractivity contribution in [2.45, 2.75) is 6.61 Å². The molecule has 31 heavy (non-hydrogen) atoms. The van der Waals surface area contributed by atoms with E-state index in [9.17, 15) is 9.90 Å². The van der Waals surface area contributed by atoms with Crippen LogP contribution in [0.4, 0.5) is 0 Å². The predicted molar refractivity (Wildman–Crippen MR) is 121 cm³/mol. The monoisotopic (exact) mass is 450 g/mol. The summed E-state index contributed by atoms with van der Waals surface area (Å²) in [6.07, 6.45) is 1.62. The molecule has 0 bridgehead atoms. The molecule has 7 heteroatoms. The van der Waals surface area contributed by atoms with Gasteiger partial charge in [-0.25, -0.2) is 9.78 Å². The highest BCUT2D eigenvalue weighted by Gasteiger charge is 2.17. The van der Waals surface area contributed by atoms with Crippen LogP contribution in [-0.4, -0.2) is 21.0 Å². The van der Waals surface area contributed by atoms with Crippen LogP contribution < -0.4 is 4.74 Å². The fourth-order valence-electron chi connectivity index (χ4n) is 3.07. The average molecular weight is 451 g/mol. The van der Waals surface area contributed by atoms with E-state index in [1.807, 2.05) is 30.3 Å². The van der Waals surface area contributed by atoms with Gasteiger partial charge in [0.1, 0.15) is 18.1 Å². The number of hydrogen-bond acceptors (Lipinski definition) is 4. The summed E-state index contributed by atoms with van der Waals surface area (Å²) in [5.74, 6) is -0.668. The second-order valence-corrected chi connectivity index (χ2v) is 7.47. The van der Waals surface area contributed by atoms with Gasteiger partial charge in [0.2, 0.25) is 0 Å². The standard InChI is InChI=1S/C24H16Cl2N2O3/c25-18-10-8-16(13-21(18)31-14-15-5-2-1-3-6-15)22-17(9-11-20(28-22)24(29)30)23-19(26)7-4-12-27-23/h1-13H,14H2,(H,29,30). The van der Waals surface area contributed by atoms with Crippen molar-refractivity contribution in [2.24, 2.45) is 0 Å². The second-order valence-electron chi connectivity index (χ2n) is 6.65. The lowest BCUT2D eigenvalue weighted by molar-refractivity contribution is 0.0690. The van der Waals surface area contributed by atoms with Crippen LogP contribution in [0.1, 0.15) is 16.1 Å². The van der Waals surface area contributed by atoms with Gasteiger partial charge in [0.05, 0.1) is 21.4 Å². The fraction of sp³-hybridized carbons (Fsp3) is 0.0417. The minimum Gasteiger partial charge on any atom is -0.487 e. The zero-order valence-electron chi connectivity index (χ0n) is 16.1. The van der Waals surface area contributed by atoms with Crippen LogP contribution >= 0.6 is 23.2 Å². The Bertz CT molecular complexity index is 1250. The normalized spacial score (nSPS) is 10.6. The zero-order valence-corrected chi connectivity index (χ0v) is 17.6. The largest absolute Gasteiger partial charge is 0.487 e. The maximum absolute atomic E-state index is 11.5. The quantitative estimate of drug-likeness (QED) is 0.368. The first kappa shape index (κ1) is 20.8. The Kier molecular flexibility index (Phi) is 6.16. The SMILES string of the molecule is O=C(O)c1ccc(-c2ncccc2Cl)c(-c2ccc(Cl)c(OCc3ccccc3)c2)n1. The number of halogens is 2. The van der Waals surface area contributed by atoms with Gasteiger partial charge < -0.3 is 9.84 Å². The second kappa shape index (κ2) is 9.16. The van der Waals surface area contributed by atoms with Crippen LogP contribution in [0.2, 0.25) is 10.0 Å².